The highest BCUT2D eigenvalue weighted by atomic mass is 16.6. The molecule has 0 aliphatic rings. The Bertz CT molecular complexity index is 756. The summed E-state index contributed by atoms with van der Waals surface area (Å²) in [5.41, 5.74) is 3.80. The maximum atomic E-state index is 12.4. The van der Waals surface area contributed by atoms with Crippen LogP contribution in [0.4, 0.5) is 5.69 Å². The van der Waals surface area contributed by atoms with Gasteiger partial charge in [0.05, 0.1) is 17.4 Å². The fourth-order valence-corrected chi connectivity index (χ4v) is 2.87. The van der Waals surface area contributed by atoms with Crippen LogP contribution in [0.1, 0.15) is 41.6 Å². The number of hydrogen-bond acceptors (Lipinski definition) is 3. The van der Waals surface area contributed by atoms with E-state index in [1.54, 1.807) is 18.2 Å². The molecule has 24 heavy (non-hydrogen) atoms. The molecule has 0 radical (unpaired) electrons. The van der Waals surface area contributed by atoms with Crippen molar-refractivity contribution >= 4 is 11.6 Å². The lowest BCUT2D eigenvalue weighted by Crippen LogP contribution is -2.30. The van der Waals surface area contributed by atoms with Gasteiger partial charge in [-0.1, -0.05) is 48.9 Å². The molecule has 5 nitrogen and oxygen atoms in total. The summed E-state index contributed by atoms with van der Waals surface area (Å²) in [5.74, 6) is -0.212. The van der Waals surface area contributed by atoms with Gasteiger partial charge in [0.25, 0.3) is 5.69 Å². The minimum Gasteiger partial charge on any atom is -0.349 e. The van der Waals surface area contributed by atoms with Gasteiger partial charge in [0.15, 0.2) is 0 Å². The van der Waals surface area contributed by atoms with Crippen LogP contribution in [-0.2, 0) is 11.2 Å². The third-order valence-corrected chi connectivity index (χ3v) is 4.08. The Morgan fingerprint density at radius 1 is 1.21 bits per heavy atom. The minimum absolute atomic E-state index is 0.00143. The van der Waals surface area contributed by atoms with E-state index in [4.69, 9.17) is 0 Å². The van der Waals surface area contributed by atoms with Crippen LogP contribution in [0.25, 0.3) is 0 Å². The van der Waals surface area contributed by atoms with Crippen LogP contribution in [-0.4, -0.2) is 10.8 Å². The number of nitrogens with zero attached hydrogens (tertiary/aromatic N) is 1. The first kappa shape index (κ1) is 17.7. The Labute approximate surface area is 141 Å². The molecular formula is C19H22N2O3. The van der Waals surface area contributed by atoms with Crippen molar-refractivity contribution in [2.75, 3.05) is 0 Å². The van der Waals surface area contributed by atoms with Crippen LogP contribution in [0, 0.1) is 24.0 Å². The maximum absolute atomic E-state index is 12.4. The summed E-state index contributed by atoms with van der Waals surface area (Å²) >= 11 is 0. The number of nitrogens with one attached hydrogen (secondary N) is 1. The zero-order chi connectivity index (χ0) is 17.7. The topological polar surface area (TPSA) is 72.2 Å². The smallest absolute Gasteiger partial charge is 0.273 e. The standard InChI is InChI=1S/C19H22N2O3/c1-4-17(16-10-9-13(2)11-14(16)3)20-19(22)12-15-7-5-6-8-18(15)21(23)24/h5-11,17H,4,12H2,1-3H3,(H,20,22)/t17-/m0/s1. The molecule has 2 aromatic carbocycles. The number of para-hydroxylation sites is 1. The molecule has 0 saturated heterocycles. The summed E-state index contributed by atoms with van der Waals surface area (Å²) in [6.07, 6.45) is 0.755. The summed E-state index contributed by atoms with van der Waals surface area (Å²) in [5, 5.41) is 14.0. The van der Waals surface area contributed by atoms with Crippen molar-refractivity contribution in [3.8, 4) is 0 Å². The van der Waals surface area contributed by atoms with E-state index in [9.17, 15) is 14.9 Å². The van der Waals surface area contributed by atoms with Gasteiger partial charge in [-0.2, -0.15) is 0 Å². The van der Waals surface area contributed by atoms with Gasteiger partial charge in [-0.3, -0.25) is 14.9 Å². The first-order chi connectivity index (χ1) is 11.4. The second-order valence-corrected chi connectivity index (χ2v) is 5.95. The summed E-state index contributed by atoms with van der Waals surface area (Å²) < 4.78 is 0. The highest BCUT2D eigenvalue weighted by molar-refractivity contribution is 5.80. The Balaban J connectivity index is 2.14. The van der Waals surface area contributed by atoms with Gasteiger partial charge < -0.3 is 5.32 Å². The molecule has 1 N–H and O–H groups in total. The molecule has 1 amide bonds. The van der Waals surface area contributed by atoms with Crippen LogP contribution in [0.15, 0.2) is 42.5 Å². The highest BCUT2D eigenvalue weighted by Crippen LogP contribution is 2.23. The van der Waals surface area contributed by atoms with Crippen molar-refractivity contribution < 1.29 is 9.72 Å². The molecule has 0 fully saturated rings. The van der Waals surface area contributed by atoms with Crippen LogP contribution in [0.3, 0.4) is 0 Å². The molecular weight excluding hydrogens is 304 g/mol. The monoisotopic (exact) mass is 326 g/mol. The van der Waals surface area contributed by atoms with Gasteiger partial charge in [0.2, 0.25) is 5.91 Å². The third kappa shape index (κ3) is 4.19. The van der Waals surface area contributed by atoms with Crippen molar-refractivity contribution in [3.05, 3.63) is 74.8 Å². The number of benzene rings is 2. The molecule has 1 atom stereocenters. The molecule has 0 aliphatic heterocycles. The molecule has 0 aliphatic carbocycles. The second-order valence-electron chi connectivity index (χ2n) is 5.95. The fraction of sp³-hybridized carbons (Fsp3) is 0.316. The average molecular weight is 326 g/mol. The van der Waals surface area contributed by atoms with E-state index in [1.807, 2.05) is 32.9 Å². The Morgan fingerprint density at radius 3 is 2.54 bits per heavy atom. The Hall–Kier alpha value is -2.69. The number of carbonyl (C=O) groups is 1. The lowest BCUT2D eigenvalue weighted by Gasteiger charge is -2.20. The number of nitro groups is 1. The van der Waals surface area contributed by atoms with Crippen molar-refractivity contribution in [2.24, 2.45) is 0 Å². The zero-order valence-electron chi connectivity index (χ0n) is 14.2. The first-order valence-corrected chi connectivity index (χ1v) is 8.01. The fourth-order valence-electron chi connectivity index (χ4n) is 2.87. The van der Waals surface area contributed by atoms with Gasteiger partial charge in [-0.05, 0) is 31.4 Å². The SMILES string of the molecule is CC[C@H](NC(=O)Cc1ccccc1[N+](=O)[O-])c1ccc(C)cc1C. The zero-order valence-corrected chi connectivity index (χ0v) is 14.2. The van der Waals surface area contributed by atoms with Gasteiger partial charge >= 0.3 is 0 Å². The molecule has 2 rings (SSSR count). The molecule has 0 unspecified atom stereocenters. The highest BCUT2D eigenvalue weighted by Gasteiger charge is 2.19. The van der Waals surface area contributed by atoms with Crippen LogP contribution < -0.4 is 5.32 Å². The predicted molar refractivity (Wildman–Crippen MR) is 93.9 cm³/mol. The van der Waals surface area contributed by atoms with Crippen LogP contribution in [0.2, 0.25) is 0 Å². The van der Waals surface area contributed by atoms with E-state index in [0.29, 0.717) is 5.56 Å². The van der Waals surface area contributed by atoms with Gasteiger partial charge in [0, 0.05) is 11.6 Å². The number of hydrogen-bond donors (Lipinski definition) is 1. The van der Waals surface area contributed by atoms with E-state index in [0.717, 1.165) is 17.5 Å². The molecule has 0 aromatic heterocycles. The summed E-state index contributed by atoms with van der Waals surface area (Å²) in [7, 11) is 0. The number of carbonyl (C=O) groups excluding carboxylic acids is 1. The Morgan fingerprint density at radius 2 is 1.92 bits per heavy atom. The normalized spacial score (nSPS) is 11.8. The van der Waals surface area contributed by atoms with Crippen LogP contribution >= 0.6 is 0 Å². The van der Waals surface area contributed by atoms with Crippen molar-refractivity contribution in [3.63, 3.8) is 0 Å². The molecule has 0 heterocycles. The van der Waals surface area contributed by atoms with Crippen LogP contribution in [0.5, 0.6) is 0 Å². The van der Waals surface area contributed by atoms with Crippen molar-refractivity contribution in [2.45, 2.75) is 39.7 Å². The third-order valence-electron chi connectivity index (χ3n) is 4.08. The second kappa shape index (κ2) is 7.73. The summed E-state index contributed by atoms with van der Waals surface area (Å²) in [4.78, 5) is 23.0. The lowest BCUT2D eigenvalue weighted by molar-refractivity contribution is -0.385. The number of amides is 1. The van der Waals surface area contributed by atoms with E-state index >= 15 is 0 Å². The maximum Gasteiger partial charge on any atom is 0.273 e. The van der Waals surface area contributed by atoms with E-state index in [1.165, 1.54) is 11.6 Å². The minimum atomic E-state index is -0.454. The van der Waals surface area contributed by atoms with E-state index < -0.39 is 4.92 Å². The van der Waals surface area contributed by atoms with E-state index in [-0.39, 0.29) is 24.1 Å². The van der Waals surface area contributed by atoms with Crippen molar-refractivity contribution in [1.82, 2.24) is 5.32 Å². The summed E-state index contributed by atoms with van der Waals surface area (Å²) in [6.45, 7) is 6.07. The number of nitro benzene ring substituents is 1. The molecule has 0 saturated carbocycles. The Kier molecular flexibility index (Phi) is 5.68. The number of rotatable bonds is 6. The van der Waals surface area contributed by atoms with Gasteiger partial charge in [-0.25, -0.2) is 0 Å². The molecule has 0 bridgehead atoms. The summed E-state index contributed by atoms with van der Waals surface area (Å²) in [6, 6.07) is 12.4. The quantitative estimate of drug-likeness (QED) is 0.643. The van der Waals surface area contributed by atoms with Gasteiger partial charge in [0.1, 0.15) is 0 Å². The van der Waals surface area contributed by atoms with E-state index in [2.05, 4.69) is 11.4 Å². The lowest BCUT2D eigenvalue weighted by atomic mass is 9.97. The van der Waals surface area contributed by atoms with Gasteiger partial charge in [-0.15, -0.1) is 0 Å². The predicted octanol–water partition coefficient (Wildman–Crippen LogP) is 4.02. The first-order valence-electron chi connectivity index (χ1n) is 8.01. The molecule has 2 aromatic rings. The molecule has 126 valence electrons. The average Bonchev–Trinajstić information content (AvgIpc) is 2.53. The number of aryl methyl sites for hydroxylation is 2. The molecule has 0 spiro atoms. The largest absolute Gasteiger partial charge is 0.349 e. The van der Waals surface area contributed by atoms with Crippen molar-refractivity contribution in [1.29, 1.82) is 0 Å². The molecule has 5 heteroatoms.